The van der Waals surface area contributed by atoms with Crippen molar-refractivity contribution in [1.29, 1.82) is 0 Å². The summed E-state index contributed by atoms with van der Waals surface area (Å²) in [6.07, 6.45) is 7.66. The van der Waals surface area contributed by atoms with Crippen molar-refractivity contribution in [3.63, 3.8) is 0 Å². The zero-order chi connectivity index (χ0) is 31.8. The fourth-order valence-electron chi connectivity index (χ4n) is 4.81. The standard InChI is InChI=1S/C15H22.C9H8F4.C7H7F.C2H5N.C2H6/c1-5-6-13-10-15(4)12(3)7-8-14(15)9-11(13)2;1-2-6-4-3-5-7(10)8(6)9(11,12)13;1-6-2-4-7(8)5-3-6;1-2-3;1-2/h5-6,9,12H,7-8,10H2,1-4H3;3-5H,2H2,1H3;2-5H,1H3;2H,1,3H2;1-2H3. The van der Waals surface area contributed by atoms with Crippen molar-refractivity contribution in [3.05, 3.63) is 119 Å². The van der Waals surface area contributed by atoms with Crippen molar-refractivity contribution in [3.8, 4) is 0 Å². The van der Waals surface area contributed by atoms with Crippen LogP contribution in [0.15, 0.2) is 90.2 Å². The SMILES string of the molecule is C=CN.CC.CC=CC1=C(C)C=C2CCC(C)C2(C)C1.CCc1cccc(F)c1C(F)(F)F.Cc1ccc(F)cc1. The molecule has 41 heavy (non-hydrogen) atoms. The van der Waals surface area contributed by atoms with E-state index >= 15 is 0 Å². The number of hydrogen-bond donors (Lipinski definition) is 1. The zero-order valence-electron chi connectivity index (χ0n) is 25.9. The van der Waals surface area contributed by atoms with Gasteiger partial charge in [-0.3, -0.25) is 0 Å². The molecule has 6 heteroatoms. The minimum absolute atomic E-state index is 0.00694. The molecule has 2 aliphatic carbocycles. The molecular weight excluding hydrogens is 529 g/mol. The summed E-state index contributed by atoms with van der Waals surface area (Å²) in [7, 11) is 0. The number of rotatable bonds is 2. The maximum absolute atomic E-state index is 12.8. The molecule has 0 radical (unpaired) electrons. The Balaban J connectivity index is 0.000000560. The Hall–Kier alpha value is -3.15. The van der Waals surface area contributed by atoms with Gasteiger partial charge in [0.2, 0.25) is 0 Å². The molecule has 2 aromatic carbocycles. The predicted octanol–water partition coefficient (Wildman–Crippen LogP) is 11.3. The maximum atomic E-state index is 12.8. The highest BCUT2D eigenvalue weighted by Crippen LogP contribution is 2.53. The van der Waals surface area contributed by atoms with Gasteiger partial charge < -0.3 is 5.73 Å². The van der Waals surface area contributed by atoms with Crippen LogP contribution in [0.3, 0.4) is 0 Å². The number of nitrogens with two attached hydrogens (primary N) is 1. The molecule has 0 aromatic heterocycles. The predicted molar refractivity (Wildman–Crippen MR) is 164 cm³/mol. The second kappa shape index (κ2) is 18.3. The third kappa shape index (κ3) is 11.7. The van der Waals surface area contributed by atoms with Gasteiger partial charge in [0.15, 0.2) is 0 Å². The molecule has 228 valence electrons. The lowest BCUT2D eigenvalue weighted by molar-refractivity contribution is -0.140. The van der Waals surface area contributed by atoms with Gasteiger partial charge in [0.05, 0.1) is 5.56 Å². The van der Waals surface area contributed by atoms with Crippen molar-refractivity contribution >= 4 is 0 Å². The topological polar surface area (TPSA) is 26.0 Å². The Bertz CT molecular complexity index is 1140. The highest BCUT2D eigenvalue weighted by Gasteiger charge is 2.41. The van der Waals surface area contributed by atoms with Crippen LogP contribution in [0, 0.1) is 29.9 Å². The number of allylic oxidation sites excluding steroid dienone is 6. The highest BCUT2D eigenvalue weighted by molar-refractivity contribution is 5.43. The molecule has 0 bridgehead atoms. The summed E-state index contributed by atoms with van der Waals surface area (Å²) >= 11 is 0. The molecule has 2 atom stereocenters. The molecule has 0 spiro atoms. The monoisotopic (exact) mass is 577 g/mol. The smallest absolute Gasteiger partial charge is 0.405 e. The highest BCUT2D eigenvalue weighted by atomic mass is 19.4. The Morgan fingerprint density at radius 1 is 1.05 bits per heavy atom. The Kier molecular flexibility index (Phi) is 16.9. The van der Waals surface area contributed by atoms with E-state index in [1.165, 1.54) is 60.9 Å². The Morgan fingerprint density at radius 3 is 2.05 bits per heavy atom. The maximum Gasteiger partial charge on any atom is 0.419 e. The fourth-order valence-corrected chi connectivity index (χ4v) is 4.81. The Labute approximate surface area is 244 Å². The van der Waals surface area contributed by atoms with Gasteiger partial charge in [0.1, 0.15) is 11.6 Å². The van der Waals surface area contributed by atoms with Crippen LogP contribution in [-0.2, 0) is 12.6 Å². The average Bonchev–Trinajstić information content (AvgIpc) is 3.20. The van der Waals surface area contributed by atoms with E-state index in [9.17, 15) is 22.0 Å². The minimum atomic E-state index is -4.60. The van der Waals surface area contributed by atoms with Crippen LogP contribution in [0.4, 0.5) is 22.0 Å². The molecule has 2 aliphatic rings. The van der Waals surface area contributed by atoms with E-state index in [0.717, 1.165) is 17.5 Å². The van der Waals surface area contributed by atoms with Gasteiger partial charge >= 0.3 is 6.18 Å². The van der Waals surface area contributed by atoms with Crippen LogP contribution in [-0.4, -0.2) is 0 Å². The van der Waals surface area contributed by atoms with E-state index in [1.54, 1.807) is 24.6 Å². The first kappa shape index (κ1) is 37.9. The molecule has 0 aliphatic heterocycles. The number of hydrogen-bond acceptors (Lipinski definition) is 1. The summed E-state index contributed by atoms with van der Waals surface area (Å²) in [5.74, 6) is -0.528. The normalized spacial score (nSPS) is 19.1. The fraction of sp³-hybridized carbons (Fsp3) is 0.429. The van der Waals surface area contributed by atoms with Crippen LogP contribution >= 0.6 is 0 Å². The second-order valence-corrected chi connectivity index (χ2v) is 10.1. The van der Waals surface area contributed by atoms with Crippen molar-refractivity contribution < 1.29 is 22.0 Å². The quantitative estimate of drug-likeness (QED) is 0.353. The third-order valence-corrected chi connectivity index (χ3v) is 7.27. The van der Waals surface area contributed by atoms with Crippen molar-refractivity contribution in [2.75, 3.05) is 0 Å². The van der Waals surface area contributed by atoms with Gasteiger partial charge in [0, 0.05) is 0 Å². The van der Waals surface area contributed by atoms with Crippen molar-refractivity contribution in [2.24, 2.45) is 17.1 Å². The van der Waals surface area contributed by atoms with E-state index in [0.29, 0.717) is 5.41 Å². The van der Waals surface area contributed by atoms with E-state index in [2.05, 4.69) is 58.2 Å². The van der Waals surface area contributed by atoms with Gasteiger partial charge in [0.25, 0.3) is 0 Å². The average molecular weight is 578 g/mol. The minimum Gasteiger partial charge on any atom is -0.405 e. The summed E-state index contributed by atoms with van der Waals surface area (Å²) in [6, 6.07) is 9.78. The first-order chi connectivity index (χ1) is 19.2. The summed E-state index contributed by atoms with van der Waals surface area (Å²) < 4.78 is 61.7. The molecule has 0 amide bonds. The molecule has 2 N–H and O–H groups in total. The van der Waals surface area contributed by atoms with Crippen LogP contribution in [0.1, 0.15) is 84.4 Å². The summed E-state index contributed by atoms with van der Waals surface area (Å²) in [5.41, 5.74) is 9.72. The van der Waals surface area contributed by atoms with Gasteiger partial charge in [-0.05, 0) is 98.9 Å². The second-order valence-electron chi connectivity index (χ2n) is 10.1. The summed E-state index contributed by atoms with van der Waals surface area (Å²) in [5, 5.41) is 0. The lowest BCUT2D eigenvalue weighted by Crippen LogP contribution is -2.24. The molecule has 0 saturated heterocycles. The summed E-state index contributed by atoms with van der Waals surface area (Å²) in [4.78, 5) is 0. The number of aryl methyl sites for hydroxylation is 2. The first-order valence-electron chi connectivity index (χ1n) is 14.2. The molecule has 2 unspecified atom stereocenters. The molecule has 0 heterocycles. The van der Waals surface area contributed by atoms with Crippen LogP contribution < -0.4 is 5.73 Å². The van der Waals surface area contributed by atoms with E-state index in [4.69, 9.17) is 0 Å². The molecule has 1 saturated carbocycles. The lowest BCUT2D eigenvalue weighted by Gasteiger charge is -2.35. The molecular formula is C35H48F5N. The van der Waals surface area contributed by atoms with Crippen LogP contribution in [0.2, 0.25) is 0 Å². The Morgan fingerprint density at radius 2 is 1.61 bits per heavy atom. The molecule has 1 fully saturated rings. The first-order valence-corrected chi connectivity index (χ1v) is 14.2. The number of alkyl halides is 3. The summed E-state index contributed by atoms with van der Waals surface area (Å²) in [6.45, 7) is 19.9. The van der Waals surface area contributed by atoms with E-state index in [1.807, 2.05) is 20.8 Å². The number of fused-ring (bicyclic) bond motifs is 1. The van der Waals surface area contributed by atoms with Crippen molar-refractivity contribution in [1.82, 2.24) is 0 Å². The van der Waals surface area contributed by atoms with Gasteiger partial charge in [-0.15, -0.1) is 0 Å². The largest absolute Gasteiger partial charge is 0.419 e. The molecule has 1 nitrogen and oxygen atoms in total. The zero-order valence-corrected chi connectivity index (χ0v) is 25.9. The van der Waals surface area contributed by atoms with Crippen molar-refractivity contribution in [2.45, 2.75) is 87.2 Å². The number of halogens is 5. The molecule has 4 rings (SSSR count). The van der Waals surface area contributed by atoms with E-state index in [-0.39, 0.29) is 17.8 Å². The van der Waals surface area contributed by atoms with Gasteiger partial charge in [-0.1, -0.05) is 94.8 Å². The van der Waals surface area contributed by atoms with Gasteiger partial charge in [-0.2, -0.15) is 13.2 Å². The number of benzene rings is 2. The molecule has 2 aromatic rings. The lowest BCUT2D eigenvalue weighted by atomic mass is 9.69. The third-order valence-electron chi connectivity index (χ3n) is 7.27. The van der Waals surface area contributed by atoms with Gasteiger partial charge in [-0.25, -0.2) is 8.78 Å². The van der Waals surface area contributed by atoms with Crippen LogP contribution in [0.5, 0.6) is 0 Å². The van der Waals surface area contributed by atoms with E-state index < -0.39 is 17.6 Å². The van der Waals surface area contributed by atoms with Crippen LogP contribution in [0.25, 0.3) is 0 Å².